The van der Waals surface area contributed by atoms with Crippen LogP contribution in [0.4, 0.5) is 4.39 Å². The van der Waals surface area contributed by atoms with E-state index in [1.54, 1.807) is 25.1 Å². The van der Waals surface area contributed by atoms with Crippen LogP contribution in [-0.4, -0.2) is 12.1 Å². The smallest absolute Gasteiger partial charge is 0.255 e. The summed E-state index contributed by atoms with van der Waals surface area (Å²) in [4.78, 5) is 13.5. The average Bonchev–Trinajstić information content (AvgIpc) is 3.15. The Labute approximate surface area is 131 Å². The van der Waals surface area contributed by atoms with E-state index < -0.39 is 11.8 Å². The summed E-state index contributed by atoms with van der Waals surface area (Å²) < 4.78 is 20.1. The fourth-order valence-corrected chi connectivity index (χ4v) is 3.89. The van der Waals surface area contributed by atoms with E-state index in [2.05, 4.69) is 0 Å². The van der Waals surface area contributed by atoms with Crippen molar-refractivity contribution in [1.29, 1.82) is 0 Å². The fraction of sp³-hybridized carbons (Fsp3) is 0.167. The van der Waals surface area contributed by atoms with Gasteiger partial charge in [-0.25, -0.2) is 4.39 Å². The van der Waals surface area contributed by atoms with Gasteiger partial charge in [0, 0.05) is 5.56 Å². The van der Waals surface area contributed by atoms with Crippen LogP contribution in [0.2, 0.25) is 0 Å². The van der Waals surface area contributed by atoms with Crippen LogP contribution in [0.25, 0.3) is 10.8 Å². The summed E-state index contributed by atoms with van der Waals surface area (Å²) in [5.74, 6) is 0.226. The summed E-state index contributed by atoms with van der Waals surface area (Å²) in [6.45, 7) is 1.64. The number of halogens is 1. The van der Waals surface area contributed by atoms with Crippen molar-refractivity contribution in [2.45, 2.75) is 18.7 Å². The Morgan fingerprint density at radius 1 is 1.18 bits per heavy atom. The molecule has 0 radical (unpaired) electrons. The van der Waals surface area contributed by atoms with Gasteiger partial charge in [0.05, 0.1) is 4.88 Å². The van der Waals surface area contributed by atoms with Gasteiger partial charge in [0.15, 0.2) is 5.78 Å². The maximum atomic E-state index is 14.7. The minimum Gasteiger partial charge on any atom is -0.459 e. The molecular weight excluding hydrogens is 299 g/mol. The minimum absolute atomic E-state index is 0.231. The standard InChI is InChI=1S/C18H13FO2S/c1-18(16(20)14-7-4-10-22-14)15-12-6-3-2-5-11(12)8-9-13(15)21-17(18)19/h2-10,17H,1H3/t17-,18+/m1/s1. The lowest BCUT2D eigenvalue weighted by Gasteiger charge is -2.24. The van der Waals surface area contributed by atoms with Crippen LogP contribution in [0, 0.1) is 0 Å². The lowest BCUT2D eigenvalue weighted by atomic mass is 9.77. The van der Waals surface area contributed by atoms with Crippen molar-refractivity contribution in [2.75, 3.05) is 0 Å². The van der Waals surface area contributed by atoms with E-state index in [1.807, 2.05) is 35.7 Å². The number of hydrogen-bond donors (Lipinski definition) is 0. The Balaban J connectivity index is 2.00. The lowest BCUT2D eigenvalue weighted by molar-refractivity contribution is 0.0270. The molecule has 2 heterocycles. The van der Waals surface area contributed by atoms with Crippen molar-refractivity contribution in [3.05, 3.63) is 64.4 Å². The predicted octanol–water partition coefficient (Wildman–Crippen LogP) is 4.73. The number of alkyl halides is 1. The third-order valence-electron chi connectivity index (χ3n) is 4.31. The van der Waals surface area contributed by atoms with Crippen LogP contribution in [0.1, 0.15) is 22.2 Å². The first kappa shape index (κ1) is 13.5. The Morgan fingerprint density at radius 3 is 2.77 bits per heavy atom. The molecule has 0 aliphatic carbocycles. The minimum atomic E-state index is -1.68. The molecule has 1 aliphatic rings. The molecule has 2 atom stereocenters. The molecule has 4 rings (SSSR count). The first-order chi connectivity index (χ1) is 10.6. The molecule has 0 saturated heterocycles. The summed E-state index contributed by atoms with van der Waals surface area (Å²) in [6, 6.07) is 14.9. The molecule has 0 spiro atoms. The van der Waals surface area contributed by atoms with Crippen molar-refractivity contribution in [2.24, 2.45) is 0 Å². The zero-order valence-corrected chi connectivity index (χ0v) is 12.7. The van der Waals surface area contributed by atoms with Gasteiger partial charge in [0.25, 0.3) is 6.36 Å². The average molecular weight is 312 g/mol. The largest absolute Gasteiger partial charge is 0.459 e. The highest BCUT2D eigenvalue weighted by Gasteiger charge is 2.53. The predicted molar refractivity (Wildman–Crippen MR) is 85.5 cm³/mol. The molecule has 0 amide bonds. The highest BCUT2D eigenvalue weighted by Crippen LogP contribution is 2.49. The second-order valence-electron chi connectivity index (χ2n) is 5.60. The van der Waals surface area contributed by atoms with E-state index in [0.717, 1.165) is 10.8 Å². The molecule has 110 valence electrons. The Bertz CT molecular complexity index is 872. The van der Waals surface area contributed by atoms with E-state index in [4.69, 9.17) is 4.74 Å². The zero-order valence-electron chi connectivity index (χ0n) is 11.9. The fourth-order valence-electron chi connectivity index (χ4n) is 3.11. The molecule has 0 fully saturated rings. The summed E-state index contributed by atoms with van der Waals surface area (Å²) in [7, 11) is 0. The molecule has 22 heavy (non-hydrogen) atoms. The Hall–Kier alpha value is -2.20. The molecule has 2 nitrogen and oxygen atoms in total. The van der Waals surface area contributed by atoms with Crippen LogP contribution >= 0.6 is 11.3 Å². The van der Waals surface area contributed by atoms with Crippen LogP contribution in [0.5, 0.6) is 5.75 Å². The summed E-state index contributed by atoms with van der Waals surface area (Å²) in [5.41, 5.74) is -0.669. The van der Waals surface area contributed by atoms with Crippen LogP contribution in [-0.2, 0) is 5.41 Å². The number of thiophene rings is 1. The van der Waals surface area contributed by atoms with Crippen molar-refractivity contribution in [3.63, 3.8) is 0 Å². The number of ketones is 1. The molecule has 0 saturated carbocycles. The molecule has 0 bridgehead atoms. The Kier molecular flexibility index (Phi) is 2.84. The van der Waals surface area contributed by atoms with Crippen LogP contribution in [0.3, 0.4) is 0 Å². The molecule has 2 aromatic carbocycles. The molecule has 0 N–H and O–H groups in total. The number of ether oxygens (including phenoxy) is 1. The molecule has 3 aromatic rings. The second kappa shape index (κ2) is 4.65. The molecule has 1 aromatic heterocycles. The number of carbonyl (C=O) groups excluding carboxylic acids is 1. The summed E-state index contributed by atoms with van der Waals surface area (Å²) >= 11 is 1.33. The topological polar surface area (TPSA) is 26.3 Å². The lowest BCUT2D eigenvalue weighted by Crippen LogP contribution is -2.40. The molecule has 0 unspecified atom stereocenters. The van der Waals surface area contributed by atoms with Gasteiger partial charge in [-0.3, -0.25) is 4.79 Å². The summed E-state index contributed by atoms with van der Waals surface area (Å²) in [5, 5.41) is 3.67. The van der Waals surface area contributed by atoms with E-state index in [9.17, 15) is 9.18 Å². The van der Waals surface area contributed by atoms with E-state index in [-0.39, 0.29) is 5.78 Å². The number of carbonyl (C=O) groups is 1. The van der Waals surface area contributed by atoms with Gasteiger partial charge in [-0.05, 0) is 35.2 Å². The quantitative estimate of drug-likeness (QED) is 0.639. The number of Topliss-reactive ketones (excluding diaryl/α,β-unsaturated/α-hetero) is 1. The van der Waals surface area contributed by atoms with Gasteiger partial charge in [-0.2, -0.15) is 0 Å². The third kappa shape index (κ3) is 1.67. The number of hydrogen-bond acceptors (Lipinski definition) is 3. The number of benzene rings is 2. The highest BCUT2D eigenvalue weighted by atomic mass is 32.1. The summed E-state index contributed by atoms with van der Waals surface area (Å²) in [6.07, 6.45) is -1.68. The van der Waals surface area contributed by atoms with Gasteiger partial charge in [-0.15, -0.1) is 11.3 Å². The monoisotopic (exact) mass is 312 g/mol. The van der Waals surface area contributed by atoms with Crippen molar-refractivity contribution >= 4 is 27.9 Å². The zero-order chi connectivity index (χ0) is 15.3. The maximum absolute atomic E-state index is 14.7. The Morgan fingerprint density at radius 2 is 2.00 bits per heavy atom. The van der Waals surface area contributed by atoms with E-state index >= 15 is 0 Å². The second-order valence-corrected chi connectivity index (χ2v) is 6.55. The van der Waals surface area contributed by atoms with E-state index in [1.165, 1.54) is 11.3 Å². The highest BCUT2D eigenvalue weighted by molar-refractivity contribution is 7.12. The van der Waals surface area contributed by atoms with Gasteiger partial charge in [-0.1, -0.05) is 36.4 Å². The van der Waals surface area contributed by atoms with Gasteiger partial charge < -0.3 is 4.74 Å². The number of rotatable bonds is 2. The molecule has 4 heteroatoms. The SMILES string of the molecule is C[C@@]1(C(=O)c2cccs2)c2c(ccc3ccccc23)O[C@H]1F. The van der Waals surface area contributed by atoms with E-state index in [0.29, 0.717) is 16.2 Å². The first-order valence-electron chi connectivity index (χ1n) is 7.03. The van der Waals surface area contributed by atoms with Crippen molar-refractivity contribution in [1.82, 2.24) is 0 Å². The molecular formula is C18H13FO2S. The maximum Gasteiger partial charge on any atom is 0.255 e. The molecule has 1 aliphatic heterocycles. The van der Waals surface area contributed by atoms with Crippen molar-refractivity contribution in [3.8, 4) is 5.75 Å². The third-order valence-corrected chi connectivity index (χ3v) is 5.18. The van der Waals surface area contributed by atoms with Gasteiger partial charge >= 0.3 is 0 Å². The normalized spacial score (nSPS) is 23.3. The van der Waals surface area contributed by atoms with Crippen LogP contribution < -0.4 is 4.74 Å². The van der Waals surface area contributed by atoms with Crippen molar-refractivity contribution < 1.29 is 13.9 Å². The van der Waals surface area contributed by atoms with Crippen LogP contribution in [0.15, 0.2) is 53.9 Å². The van der Waals surface area contributed by atoms with Gasteiger partial charge in [0.1, 0.15) is 11.2 Å². The first-order valence-corrected chi connectivity index (χ1v) is 7.91. The number of fused-ring (bicyclic) bond motifs is 3. The van der Waals surface area contributed by atoms with Gasteiger partial charge in [0.2, 0.25) is 0 Å².